The average molecular weight is 275 g/mol. The number of esters is 1. The zero-order valence-electron chi connectivity index (χ0n) is 11.5. The van der Waals surface area contributed by atoms with E-state index in [0.29, 0.717) is 11.5 Å². The third kappa shape index (κ3) is 3.53. The van der Waals surface area contributed by atoms with Crippen molar-refractivity contribution >= 4 is 11.9 Å². The Balaban J connectivity index is 1.77. The van der Waals surface area contributed by atoms with E-state index in [0.717, 1.165) is 25.1 Å². The number of hydrogen-bond acceptors (Lipinski definition) is 6. The van der Waals surface area contributed by atoms with Crippen molar-refractivity contribution in [2.45, 2.75) is 19.8 Å². The summed E-state index contributed by atoms with van der Waals surface area (Å²) in [6.07, 6.45) is 6.62. The van der Waals surface area contributed by atoms with Gasteiger partial charge in [-0.25, -0.2) is 14.8 Å². The molecular formula is C13H17N5O2. The minimum Gasteiger partial charge on any atom is -0.465 e. The van der Waals surface area contributed by atoms with Gasteiger partial charge in [0.05, 0.1) is 18.9 Å². The Bertz CT molecular complexity index is 564. The molecule has 0 fully saturated rings. The summed E-state index contributed by atoms with van der Waals surface area (Å²) in [5.41, 5.74) is 2.66. The van der Waals surface area contributed by atoms with Gasteiger partial charge < -0.3 is 10.1 Å². The van der Waals surface area contributed by atoms with Gasteiger partial charge in [-0.1, -0.05) is 0 Å². The Hall–Kier alpha value is -2.44. The number of carbonyl (C=O) groups excluding carboxylic acids is 1. The second kappa shape index (κ2) is 6.65. The normalized spacial score (nSPS) is 10.3. The highest BCUT2D eigenvalue weighted by Crippen LogP contribution is 2.06. The molecule has 0 aliphatic carbocycles. The molecule has 0 unspecified atom stereocenters. The lowest BCUT2D eigenvalue weighted by molar-refractivity contribution is 0.0600. The van der Waals surface area contributed by atoms with Gasteiger partial charge in [0.2, 0.25) is 5.95 Å². The van der Waals surface area contributed by atoms with E-state index in [1.165, 1.54) is 25.1 Å². The molecule has 2 rings (SSSR count). The van der Waals surface area contributed by atoms with Gasteiger partial charge in [-0.3, -0.25) is 5.10 Å². The molecule has 0 aliphatic heterocycles. The summed E-state index contributed by atoms with van der Waals surface area (Å²) in [6, 6.07) is 0. The smallest absolute Gasteiger partial charge is 0.341 e. The van der Waals surface area contributed by atoms with E-state index in [1.54, 1.807) is 0 Å². The van der Waals surface area contributed by atoms with Crippen LogP contribution in [0.3, 0.4) is 0 Å². The molecule has 0 bridgehead atoms. The van der Waals surface area contributed by atoms with Crippen molar-refractivity contribution in [2.75, 3.05) is 19.0 Å². The number of H-pyrrole nitrogens is 1. The Morgan fingerprint density at radius 1 is 1.35 bits per heavy atom. The quantitative estimate of drug-likeness (QED) is 0.610. The predicted octanol–water partition coefficient (Wildman–Crippen LogP) is 1.34. The van der Waals surface area contributed by atoms with Gasteiger partial charge in [0.1, 0.15) is 0 Å². The summed E-state index contributed by atoms with van der Waals surface area (Å²) in [6.45, 7) is 2.76. The SMILES string of the molecule is COC(=O)c1cnc(NCCCc2cn[nH]c2C)nc1. The summed E-state index contributed by atoms with van der Waals surface area (Å²) in [7, 11) is 1.33. The molecule has 2 N–H and O–H groups in total. The highest BCUT2D eigenvalue weighted by Gasteiger charge is 2.06. The molecule has 2 heterocycles. The van der Waals surface area contributed by atoms with Crippen LogP contribution >= 0.6 is 0 Å². The molecule has 0 saturated carbocycles. The molecule has 0 saturated heterocycles. The van der Waals surface area contributed by atoms with E-state index in [9.17, 15) is 4.79 Å². The van der Waals surface area contributed by atoms with Gasteiger partial charge in [0, 0.05) is 24.6 Å². The van der Waals surface area contributed by atoms with E-state index >= 15 is 0 Å². The van der Waals surface area contributed by atoms with Gasteiger partial charge in [-0.2, -0.15) is 5.10 Å². The fourth-order valence-electron chi connectivity index (χ4n) is 1.75. The Kier molecular flexibility index (Phi) is 4.65. The zero-order chi connectivity index (χ0) is 14.4. The van der Waals surface area contributed by atoms with E-state index in [2.05, 4.69) is 30.2 Å². The van der Waals surface area contributed by atoms with Crippen LogP contribution in [-0.4, -0.2) is 39.8 Å². The first-order valence-electron chi connectivity index (χ1n) is 6.34. The molecule has 7 heteroatoms. The number of aryl methyl sites for hydroxylation is 2. The Labute approximate surface area is 116 Å². The first kappa shape index (κ1) is 14.0. The van der Waals surface area contributed by atoms with Crippen molar-refractivity contribution in [1.29, 1.82) is 0 Å². The predicted molar refractivity (Wildman–Crippen MR) is 73.5 cm³/mol. The van der Waals surface area contributed by atoms with Gasteiger partial charge in [0.25, 0.3) is 0 Å². The minimum absolute atomic E-state index is 0.340. The highest BCUT2D eigenvalue weighted by molar-refractivity contribution is 5.88. The fraction of sp³-hybridized carbons (Fsp3) is 0.385. The third-order valence-corrected chi connectivity index (χ3v) is 2.91. The summed E-state index contributed by atoms with van der Waals surface area (Å²) in [5, 5.41) is 10.00. The monoisotopic (exact) mass is 275 g/mol. The lowest BCUT2D eigenvalue weighted by Crippen LogP contribution is -2.08. The number of nitrogens with one attached hydrogen (secondary N) is 2. The molecule has 0 radical (unpaired) electrons. The maximum absolute atomic E-state index is 11.2. The van der Waals surface area contributed by atoms with E-state index in [1.807, 2.05) is 13.1 Å². The molecule has 0 spiro atoms. The third-order valence-electron chi connectivity index (χ3n) is 2.91. The van der Waals surface area contributed by atoms with Crippen LogP contribution in [0.2, 0.25) is 0 Å². The number of hydrogen-bond donors (Lipinski definition) is 2. The molecule has 0 aliphatic rings. The second-order valence-electron chi connectivity index (χ2n) is 4.34. The molecule has 2 aromatic heterocycles. The van der Waals surface area contributed by atoms with Gasteiger partial charge in [-0.15, -0.1) is 0 Å². The largest absolute Gasteiger partial charge is 0.465 e. The summed E-state index contributed by atoms with van der Waals surface area (Å²) in [5.74, 6) is 0.0635. The number of nitrogens with zero attached hydrogens (tertiary/aromatic N) is 3. The number of anilines is 1. The minimum atomic E-state index is -0.438. The zero-order valence-corrected chi connectivity index (χ0v) is 11.5. The number of aromatic amines is 1. The Morgan fingerprint density at radius 2 is 2.10 bits per heavy atom. The lowest BCUT2D eigenvalue weighted by atomic mass is 10.1. The lowest BCUT2D eigenvalue weighted by Gasteiger charge is -2.05. The molecule has 2 aromatic rings. The molecule has 20 heavy (non-hydrogen) atoms. The Morgan fingerprint density at radius 3 is 2.70 bits per heavy atom. The average Bonchev–Trinajstić information content (AvgIpc) is 2.89. The first-order valence-corrected chi connectivity index (χ1v) is 6.34. The summed E-state index contributed by atoms with van der Waals surface area (Å²) >= 11 is 0. The molecule has 106 valence electrons. The fourth-order valence-corrected chi connectivity index (χ4v) is 1.75. The van der Waals surface area contributed by atoms with Crippen LogP contribution in [0.25, 0.3) is 0 Å². The van der Waals surface area contributed by atoms with E-state index in [4.69, 9.17) is 0 Å². The van der Waals surface area contributed by atoms with Crippen molar-refractivity contribution in [2.24, 2.45) is 0 Å². The van der Waals surface area contributed by atoms with Gasteiger partial charge >= 0.3 is 5.97 Å². The summed E-state index contributed by atoms with van der Waals surface area (Å²) < 4.78 is 4.58. The molecule has 0 amide bonds. The van der Waals surface area contributed by atoms with Crippen LogP contribution in [0.5, 0.6) is 0 Å². The summed E-state index contributed by atoms with van der Waals surface area (Å²) in [4.78, 5) is 19.3. The van der Waals surface area contributed by atoms with Crippen LogP contribution in [0.1, 0.15) is 28.0 Å². The number of carbonyl (C=O) groups is 1. The second-order valence-corrected chi connectivity index (χ2v) is 4.34. The number of methoxy groups -OCH3 is 1. The first-order chi connectivity index (χ1) is 9.70. The van der Waals surface area contributed by atoms with Gasteiger partial charge in [0.15, 0.2) is 0 Å². The molecular weight excluding hydrogens is 258 g/mol. The van der Waals surface area contributed by atoms with Crippen molar-refractivity contribution < 1.29 is 9.53 Å². The van der Waals surface area contributed by atoms with Crippen LogP contribution in [0.15, 0.2) is 18.6 Å². The molecule has 0 aromatic carbocycles. The number of rotatable bonds is 6. The van der Waals surface area contributed by atoms with E-state index in [-0.39, 0.29) is 0 Å². The highest BCUT2D eigenvalue weighted by atomic mass is 16.5. The number of ether oxygens (including phenoxy) is 1. The van der Waals surface area contributed by atoms with E-state index < -0.39 is 5.97 Å². The van der Waals surface area contributed by atoms with Crippen LogP contribution in [0.4, 0.5) is 5.95 Å². The van der Waals surface area contributed by atoms with Crippen molar-refractivity contribution in [3.8, 4) is 0 Å². The maximum atomic E-state index is 11.2. The maximum Gasteiger partial charge on any atom is 0.341 e. The molecule has 0 atom stereocenters. The van der Waals surface area contributed by atoms with Gasteiger partial charge in [-0.05, 0) is 25.3 Å². The standard InChI is InChI=1S/C13H17N5O2/c1-9-10(8-17-18-9)4-3-5-14-13-15-6-11(7-16-13)12(19)20-2/h6-8H,3-5H2,1-2H3,(H,17,18)(H,14,15,16). The van der Waals surface area contributed by atoms with Crippen LogP contribution in [0, 0.1) is 6.92 Å². The topological polar surface area (TPSA) is 92.8 Å². The van der Waals surface area contributed by atoms with Crippen molar-refractivity contribution in [3.05, 3.63) is 35.4 Å². The van der Waals surface area contributed by atoms with Crippen LogP contribution in [-0.2, 0) is 11.2 Å². The van der Waals surface area contributed by atoms with Crippen LogP contribution < -0.4 is 5.32 Å². The van der Waals surface area contributed by atoms with Crippen molar-refractivity contribution in [1.82, 2.24) is 20.2 Å². The molecule has 7 nitrogen and oxygen atoms in total. The van der Waals surface area contributed by atoms with Crippen molar-refractivity contribution in [3.63, 3.8) is 0 Å². The number of aromatic nitrogens is 4.